The smallest absolute Gasteiger partial charge is 0.306 e. The van der Waals surface area contributed by atoms with Gasteiger partial charge in [-0.15, -0.1) is 0 Å². The lowest BCUT2D eigenvalue weighted by atomic mass is 10.0. The second kappa shape index (κ2) is 58.0. The number of unbranched alkanes of at least 4 members (excludes halogenated alkanes) is 44. The second-order valence-corrected chi connectivity index (χ2v) is 20.6. The van der Waals surface area contributed by atoms with Crippen molar-refractivity contribution in [2.24, 2.45) is 0 Å². The van der Waals surface area contributed by atoms with Gasteiger partial charge in [0, 0.05) is 19.4 Å². The Hall–Kier alpha value is -1.36. The Morgan fingerprint density at radius 3 is 0.939 bits per heavy atom. The van der Waals surface area contributed by atoms with Gasteiger partial charge in [0.2, 0.25) is 0 Å². The molecular weight excluding hydrogens is 813 g/mol. The Balaban J connectivity index is 4.18. The summed E-state index contributed by atoms with van der Waals surface area (Å²) in [4.78, 5) is 25.5. The van der Waals surface area contributed by atoms with E-state index >= 15 is 0 Å². The maximum absolute atomic E-state index is 12.9. The monoisotopic (exact) mass is 931 g/mol. The van der Waals surface area contributed by atoms with Gasteiger partial charge in [-0.3, -0.25) is 9.59 Å². The van der Waals surface area contributed by atoms with E-state index in [1.54, 1.807) is 0 Å². The lowest BCUT2D eigenvalue weighted by Gasteiger charge is -2.18. The molecular formula is C61H118O5. The van der Waals surface area contributed by atoms with Gasteiger partial charge < -0.3 is 14.2 Å². The molecule has 0 rings (SSSR count). The molecule has 0 saturated carbocycles. The second-order valence-electron chi connectivity index (χ2n) is 20.6. The zero-order chi connectivity index (χ0) is 47.7. The highest BCUT2D eigenvalue weighted by atomic mass is 16.6. The van der Waals surface area contributed by atoms with E-state index in [-0.39, 0.29) is 18.5 Å². The van der Waals surface area contributed by atoms with Crippen molar-refractivity contribution in [1.82, 2.24) is 0 Å². The number of ether oxygens (including phenoxy) is 3. The molecule has 0 saturated heterocycles. The number of esters is 2. The molecule has 5 heteroatoms. The van der Waals surface area contributed by atoms with Crippen LogP contribution >= 0.6 is 0 Å². The first-order valence-corrected chi connectivity index (χ1v) is 30.2. The van der Waals surface area contributed by atoms with E-state index in [2.05, 4.69) is 32.9 Å². The largest absolute Gasteiger partial charge is 0.462 e. The normalized spacial score (nSPS) is 12.1. The lowest BCUT2D eigenvalue weighted by Crippen LogP contribution is -2.30. The first-order chi connectivity index (χ1) is 32.6. The maximum Gasteiger partial charge on any atom is 0.306 e. The van der Waals surface area contributed by atoms with Crippen molar-refractivity contribution in [2.75, 3.05) is 19.8 Å². The lowest BCUT2D eigenvalue weighted by molar-refractivity contribution is -0.163. The maximum atomic E-state index is 12.9. The molecule has 0 aromatic carbocycles. The van der Waals surface area contributed by atoms with Gasteiger partial charge in [0.05, 0.1) is 6.61 Å². The average Bonchev–Trinajstić information content (AvgIpc) is 3.32. The minimum atomic E-state index is -0.530. The van der Waals surface area contributed by atoms with E-state index in [1.165, 1.54) is 276 Å². The van der Waals surface area contributed by atoms with Gasteiger partial charge >= 0.3 is 11.9 Å². The molecule has 0 fully saturated rings. The molecule has 0 unspecified atom stereocenters. The topological polar surface area (TPSA) is 61.8 Å². The van der Waals surface area contributed by atoms with Gasteiger partial charge in [-0.1, -0.05) is 296 Å². The molecule has 0 radical (unpaired) electrons. The summed E-state index contributed by atoms with van der Waals surface area (Å²) >= 11 is 0. The molecule has 0 aromatic rings. The van der Waals surface area contributed by atoms with Crippen LogP contribution in [-0.4, -0.2) is 37.9 Å². The number of carbonyl (C=O) groups is 2. The summed E-state index contributed by atoms with van der Waals surface area (Å²) in [7, 11) is 0. The zero-order valence-electron chi connectivity index (χ0n) is 45.2. The van der Waals surface area contributed by atoms with E-state index in [1.807, 2.05) is 0 Å². The molecule has 0 aliphatic rings. The van der Waals surface area contributed by atoms with Crippen LogP contribution < -0.4 is 0 Å². The predicted octanol–water partition coefficient (Wildman–Crippen LogP) is 20.6. The molecule has 0 bridgehead atoms. The third kappa shape index (κ3) is 55.2. The van der Waals surface area contributed by atoms with Crippen molar-refractivity contribution in [1.29, 1.82) is 0 Å². The number of hydrogen-bond donors (Lipinski definition) is 0. The van der Waals surface area contributed by atoms with Crippen molar-refractivity contribution in [2.45, 2.75) is 348 Å². The van der Waals surface area contributed by atoms with Gasteiger partial charge in [0.15, 0.2) is 6.10 Å². The number of allylic oxidation sites excluding steroid dienone is 2. The van der Waals surface area contributed by atoms with Crippen LogP contribution in [0.1, 0.15) is 342 Å². The molecule has 0 heterocycles. The van der Waals surface area contributed by atoms with Crippen LogP contribution in [0.15, 0.2) is 12.2 Å². The number of rotatable bonds is 57. The van der Waals surface area contributed by atoms with E-state index in [0.717, 1.165) is 32.1 Å². The minimum absolute atomic E-state index is 0.0940. The van der Waals surface area contributed by atoms with Crippen molar-refractivity contribution >= 4 is 11.9 Å². The van der Waals surface area contributed by atoms with Gasteiger partial charge in [0.1, 0.15) is 6.61 Å². The summed E-state index contributed by atoms with van der Waals surface area (Å²) in [6.07, 6.45) is 68.1. The third-order valence-corrected chi connectivity index (χ3v) is 13.8. The first kappa shape index (κ1) is 64.6. The highest BCUT2D eigenvalue weighted by Gasteiger charge is 2.18. The van der Waals surface area contributed by atoms with Gasteiger partial charge in [-0.25, -0.2) is 0 Å². The molecule has 66 heavy (non-hydrogen) atoms. The van der Waals surface area contributed by atoms with Crippen molar-refractivity contribution < 1.29 is 23.8 Å². The standard InChI is InChI=1S/C61H118O5/c1-4-7-10-13-16-19-22-25-28-30-31-32-34-36-39-42-45-48-51-54-60(62)65-58-59(57-64-56-53-50-47-44-41-38-35-29-26-23-20-17-14-11-8-5-2)66-61(63)55-52-49-46-43-40-37-33-27-24-21-18-15-12-9-6-3/h21,24,59H,4-20,22-23,25-58H2,1-3H3/b24-21-/t59-/m1/s1. The van der Waals surface area contributed by atoms with Gasteiger partial charge in [0.25, 0.3) is 0 Å². The fraction of sp³-hybridized carbons (Fsp3) is 0.934. The van der Waals surface area contributed by atoms with E-state index in [9.17, 15) is 9.59 Å². The van der Waals surface area contributed by atoms with Crippen molar-refractivity contribution in [3.8, 4) is 0 Å². The number of hydrogen-bond acceptors (Lipinski definition) is 5. The molecule has 0 aliphatic carbocycles. The fourth-order valence-corrected chi connectivity index (χ4v) is 9.27. The third-order valence-electron chi connectivity index (χ3n) is 13.8. The molecule has 5 nitrogen and oxygen atoms in total. The Bertz CT molecular complexity index is 963. The summed E-state index contributed by atoms with van der Waals surface area (Å²) in [5.41, 5.74) is 0. The van der Waals surface area contributed by atoms with E-state index in [0.29, 0.717) is 26.1 Å². The summed E-state index contributed by atoms with van der Waals surface area (Å²) in [5.74, 6) is -0.374. The summed E-state index contributed by atoms with van der Waals surface area (Å²) < 4.78 is 17.5. The molecule has 1 atom stereocenters. The summed E-state index contributed by atoms with van der Waals surface area (Å²) in [6.45, 7) is 7.90. The number of carbonyl (C=O) groups excluding carboxylic acids is 2. The molecule has 0 amide bonds. The van der Waals surface area contributed by atoms with Crippen molar-refractivity contribution in [3.05, 3.63) is 12.2 Å². The average molecular weight is 932 g/mol. The summed E-state index contributed by atoms with van der Waals surface area (Å²) in [6, 6.07) is 0. The van der Waals surface area contributed by atoms with Gasteiger partial charge in [-0.2, -0.15) is 0 Å². The fourth-order valence-electron chi connectivity index (χ4n) is 9.27. The molecule has 0 spiro atoms. The quantitative estimate of drug-likeness (QED) is 0.0345. The van der Waals surface area contributed by atoms with Crippen LogP contribution in [0.2, 0.25) is 0 Å². The van der Waals surface area contributed by atoms with Gasteiger partial charge in [-0.05, 0) is 44.9 Å². The van der Waals surface area contributed by atoms with Crippen LogP contribution in [0.25, 0.3) is 0 Å². The van der Waals surface area contributed by atoms with E-state index in [4.69, 9.17) is 14.2 Å². The Labute approximate surface area is 414 Å². The molecule has 392 valence electrons. The Kier molecular flexibility index (Phi) is 56.8. The minimum Gasteiger partial charge on any atom is -0.462 e. The molecule has 0 aliphatic heterocycles. The highest BCUT2D eigenvalue weighted by molar-refractivity contribution is 5.70. The highest BCUT2D eigenvalue weighted by Crippen LogP contribution is 2.17. The summed E-state index contributed by atoms with van der Waals surface area (Å²) in [5, 5.41) is 0. The Morgan fingerprint density at radius 1 is 0.318 bits per heavy atom. The Morgan fingerprint density at radius 2 is 0.591 bits per heavy atom. The van der Waals surface area contributed by atoms with Crippen molar-refractivity contribution in [3.63, 3.8) is 0 Å². The first-order valence-electron chi connectivity index (χ1n) is 30.2. The van der Waals surface area contributed by atoms with Crippen LogP contribution in [0.3, 0.4) is 0 Å². The molecule has 0 aromatic heterocycles. The van der Waals surface area contributed by atoms with E-state index < -0.39 is 6.10 Å². The predicted molar refractivity (Wildman–Crippen MR) is 289 cm³/mol. The van der Waals surface area contributed by atoms with Crippen LogP contribution in [0.4, 0.5) is 0 Å². The zero-order valence-corrected chi connectivity index (χ0v) is 45.2. The van der Waals surface area contributed by atoms with Crippen LogP contribution in [0.5, 0.6) is 0 Å². The van der Waals surface area contributed by atoms with Crippen LogP contribution in [-0.2, 0) is 23.8 Å². The molecule has 0 N–H and O–H groups in total. The van der Waals surface area contributed by atoms with Crippen LogP contribution in [0, 0.1) is 0 Å². The SMILES string of the molecule is CCCCCC/C=C\CCCCCCCCCC(=O)O[C@H](COCCCCCCCCCCCCCCCCCC)COC(=O)CCCCCCCCCCCCCCCCCCCCC.